The highest BCUT2D eigenvalue weighted by atomic mass is 16.5. The van der Waals surface area contributed by atoms with Crippen molar-refractivity contribution in [3.05, 3.63) is 92.3 Å². The predicted molar refractivity (Wildman–Crippen MR) is 118 cm³/mol. The van der Waals surface area contributed by atoms with Gasteiger partial charge in [-0.2, -0.15) is 5.26 Å². The summed E-state index contributed by atoms with van der Waals surface area (Å²) in [5.41, 5.74) is 1.96. The van der Waals surface area contributed by atoms with Gasteiger partial charge in [0.15, 0.2) is 6.61 Å². The van der Waals surface area contributed by atoms with Crippen molar-refractivity contribution >= 4 is 5.78 Å². The van der Waals surface area contributed by atoms with Gasteiger partial charge in [-0.15, -0.1) is 0 Å². The molecule has 0 fully saturated rings. The molecule has 3 rings (SSSR count). The van der Waals surface area contributed by atoms with E-state index in [1.807, 2.05) is 62.4 Å². The molecule has 6 nitrogen and oxygen atoms in total. The van der Waals surface area contributed by atoms with E-state index in [-0.39, 0.29) is 23.3 Å². The number of ether oxygens (including phenoxy) is 1. The number of Topliss-reactive ketones (excluding diaryl/α,β-unsaturated/α-hetero) is 1. The highest BCUT2D eigenvalue weighted by Gasteiger charge is 2.27. The van der Waals surface area contributed by atoms with Gasteiger partial charge in [0.2, 0.25) is 11.7 Å². The van der Waals surface area contributed by atoms with Crippen LogP contribution in [0.25, 0.3) is 0 Å². The van der Waals surface area contributed by atoms with Gasteiger partial charge in [-0.3, -0.25) is 14.2 Å². The molecule has 0 radical (unpaired) electrons. The third-order valence-corrected chi connectivity index (χ3v) is 5.61. The average molecular weight is 416 g/mol. The lowest BCUT2D eigenvalue weighted by molar-refractivity contribution is 0.0915. The minimum absolute atomic E-state index is 0.0794. The van der Waals surface area contributed by atoms with Crippen LogP contribution in [0, 0.1) is 32.1 Å². The van der Waals surface area contributed by atoms with Crippen LogP contribution in [0.15, 0.2) is 53.3 Å². The lowest BCUT2D eigenvalue weighted by Gasteiger charge is -2.21. The number of ketones is 1. The Morgan fingerprint density at radius 1 is 1.10 bits per heavy atom. The summed E-state index contributed by atoms with van der Waals surface area (Å²) in [5.74, 6) is -0.411. The van der Waals surface area contributed by atoms with Crippen molar-refractivity contribution in [3.63, 3.8) is 0 Å². The molecule has 6 heteroatoms. The van der Waals surface area contributed by atoms with Crippen LogP contribution in [0.2, 0.25) is 0 Å². The molecule has 1 unspecified atom stereocenters. The Balaban J connectivity index is 2.05. The fourth-order valence-electron chi connectivity index (χ4n) is 3.59. The van der Waals surface area contributed by atoms with E-state index in [4.69, 9.17) is 4.74 Å². The molecule has 1 aromatic heterocycles. The van der Waals surface area contributed by atoms with Crippen molar-refractivity contribution in [1.82, 2.24) is 4.57 Å². The maximum Gasteiger partial charge on any atom is 0.272 e. The number of nitrogens with zero attached hydrogens (tertiary/aromatic N) is 2. The summed E-state index contributed by atoms with van der Waals surface area (Å²) < 4.78 is 6.79. The maximum absolute atomic E-state index is 13.0. The minimum atomic E-state index is -0.638. The van der Waals surface area contributed by atoms with E-state index in [0.717, 1.165) is 21.3 Å². The molecular weight excluding hydrogens is 392 g/mol. The van der Waals surface area contributed by atoms with Crippen LogP contribution in [-0.4, -0.2) is 22.1 Å². The molecular formula is C25H24N2O4. The van der Waals surface area contributed by atoms with Crippen molar-refractivity contribution in [2.75, 3.05) is 6.61 Å². The minimum Gasteiger partial charge on any atom is -0.494 e. The molecule has 158 valence electrons. The molecule has 31 heavy (non-hydrogen) atoms. The van der Waals surface area contributed by atoms with Gasteiger partial charge in [0.25, 0.3) is 5.56 Å². The van der Waals surface area contributed by atoms with E-state index in [0.29, 0.717) is 5.75 Å². The number of carbonyl (C=O) groups is 1. The van der Waals surface area contributed by atoms with Crippen molar-refractivity contribution in [2.45, 2.75) is 33.7 Å². The smallest absolute Gasteiger partial charge is 0.272 e. The molecule has 0 spiro atoms. The maximum atomic E-state index is 13.0. The standard InChI is InChI=1S/C25H24N2O4/c1-15-9-8-12-22(16(15)2)31-14-21(28)23-17(3)20(13-26)24(29)27(25(23)30)18(4)19-10-6-5-7-11-19/h5-12,18,30H,14H2,1-4H3. The van der Waals surface area contributed by atoms with Gasteiger partial charge in [-0.25, -0.2) is 0 Å². The van der Waals surface area contributed by atoms with Crippen LogP contribution < -0.4 is 10.3 Å². The first-order chi connectivity index (χ1) is 14.8. The number of nitriles is 1. The first kappa shape index (κ1) is 21.8. The summed E-state index contributed by atoms with van der Waals surface area (Å²) in [6.07, 6.45) is 0. The van der Waals surface area contributed by atoms with Gasteiger partial charge in [0.1, 0.15) is 17.4 Å². The Kier molecular flexibility index (Phi) is 6.26. The SMILES string of the molecule is Cc1cccc(OCC(=O)c2c(C)c(C#N)c(=O)n(C(C)c3ccccc3)c2O)c1C. The van der Waals surface area contributed by atoms with Crippen LogP contribution in [0.5, 0.6) is 11.6 Å². The Morgan fingerprint density at radius 3 is 2.42 bits per heavy atom. The quantitative estimate of drug-likeness (QED) is 0.608. The third-order valence-electron chi connectivity index (χ3n) is 5.61. The first-order valence-electron chi connectivity index (χ1n) is 9.93. The van der Waals surface area contributed by atoms with Gasteiger partial charge >= 0.3 is 0 Å². The fraction of sp³-hybridized carbons (Fsp3) is 0.240. The topological polar surface area (TPSA) is 92.3 Å². The molecule has 0 amide bonds. The highest BCUT2D eigenvalue weighted by Crippen LogP contribution is 2.28. The molecule has 2 aromatic carbocycles. The number of hydrogen-bond donors (Lipinski definition) is 1. The number of aromatic hydroxyl groups is 1. The Bertz CT molecular complexity index is 1240. The van der Waals surface area contributed by atoms with E-state index >= 15 is 0 Å². The number of benzene rings is 2. The summed E-state index contributed by atoms with van der Waals surface area (Å²) in [6, 6.07) is 16.0. The molecule has 0 saturated carbocycles. The molecule has 0 bridgehead atoms. The molecule has 0 aliphatic heterocycles. The van der Waals surface area contributed by atoms with Crippen LogP contribution in [0.4, 0.5) is 0 Å². The monoisotopic (exact) mass is 416 g/mol. The largest absolute Gasteiger partial charge is 0.494 e. The number of aryl methyl sites for hydroxylation is 1. The molecule has 0 aliphatic carbocycles. The van der Waals surface area contributed by atoms with Crippen molar-refractivity contribution < 1.29 is 14.6 Å². The number of hydrogen-bond acceptors (Lipinski definition) is 5. The van der Waals surface area contributed by atoms with E-state index in [2.05, 4.69) is 0 Å². The van der Waals surface area contributed by atoms with Gasteiger partial charge in [0, 0.05) is 0 Å². The second kappa shape index (κ2) is 8.88. The summed E-state index contributed by atoms with van der Waals surface area (Å²) in [5, 5.41) is 20.5. The molecule has 0 aliphatic rings. The van der Waals surface area contributed by atoms with Crippen LogP contribution in [0.1, 0.15) is 51.1 Å². The second-order valence-electron chi connectivity index (χ2n) is 7.48. The van der Waals surface area contributed by atoms with Crippen LogP contribution in [0.3, 0.4) is 0 Å². The number of aromatic nitrogens is 1. The molecule has 1 N–H and O–H groups in total. The zero-order chi connectivity index (χ0) is 22.7. The molecule has 0 saturated heterocycles. The lowest BCUT2D eigenvalue weighted by atomic mass is 10.00. The molecule has 1 heterocycles. The van der Waals surface area contributed by atoms with Crippen molar-refractivity contribution in [2.24, 2.45) is 0 Å². The van der Waals surface area contributed by atoms with E-state index in [1.165, 1.54) is 6.92 Å². The second-order valence-corrected chi connectivity index (χ2v) is 7.48. The predicted octanol–water partition coefficient (Wildman–Crippen LogP) is 4.22. The Morgan fingerprint density at radius 2 is 1.77 bits per heavy atom. The zero-order valence-corrected chi connectivity index (χ0v) is 18.0. The zero-order valence-electron chi connectivity index (χ0n) is 18.0. The normalized spacial score (nSPS) is 11.6. The Labute approximate surface area is 181 Å². The number of pyridine rings is 1. The third kappa shape index (κ3) is 4.08. The number of rotatable bonds is 6. The van der Waals surface area contributed by atoms with E-state index in [1.54, 1.807) is 13.0 Å². The average Bonchev–Trinajstić information content (AvgIpc) is 2.75. The fourth-order valence-corrected chi connectivity index (χ4v) is 3.59. The Hall–Kier alpha value is -3.85. The van der Waals surface area contributed by atoms with Gasteiger partial charge < -0.3 is 9.84 Å². The van der Waals surface area contributed by atoms with E-state index in [9.17, 15) is 20.0 Å². The number of carbonyl (C=O) groups excluding carboxylic acids is 1. The lowest BCUT2D eigenvalue weighted by Crippen LogP contribution is -2.30. The van der Waals surface area contributed by atoms with Gasteiger partial charge in [0.05, 0.1) is 11.6 Å². The highest BCUT2D eigenvalue weighted by molar-refractivity contribution is 6.01. The van der Waals surface area contributed by atoms with E-state index < -0.39 is 23.3 Å². The van der Waals surface area contributed by atoms with Gasteiger partial charge in [-0.05, 0) is 56.0 Å². The summed E-state index contributed by atoms with van der Waals surface area (Å²) in [6.45, 7) is 6.73. The summed E-state index contributed by atoms with van der Waals surface area (Å²) >= 11 is 0. The van der Waals surface area contributed by atoms with Crippen LogP contribution >= 0.6 is 0 Å². The summed E-state index contributed by atoms with van der Waals surface area (Å²) in [4.78, 5) is 26.0. The van der Waals surface area contributed by atoms with Gasteiger partial charge in [-0.1, -0.05) is 42.5 Å². The van der Waals surface area contributed by atoms with Crippen LogP contribution in [-0.2, 0) is 0 Å². The molecule has 1 atom stereocenters. The molecule has 3 aromatic rings. The van der Waals surface area contributed by atoms with Crippen molar-refractivity contribution in [1.29, 1.82) is 5.26 Å². The van der Waals surface area contributed by atoms with Crippen molar-refractivity contribution in [3.8, 4) is 17.7 Å². The first-order valence-corrected chi connectivity index (χ1v) is 9.93. The summed E-state index contributed by atoms with van der Waals surface area (Å²) in [7, 11) is 0.